The number of carbonyl (C=O) groups is 1. The molecule has 0 heterocycles. The van der Waals surface area contributed by atoms with Crippen LogP contribution in [-0.2, 0) is 4.79 Å². The van der Waals surface area contributed by atoms with E-state index in [0.717, 1.165) is 6.08 Å². The van der Waals surface area contributed by atoms with E-state index in [9.17, 15) is 9.90 Å². The first-order valence-electron chi connectivity index (χ1n) is 3.11. The average Bonchev–Trinajstić information content (AvgIpc) is 1.96. The van der Waals surface area contributed by atoms with E-state index in [4.69, 9.17) is 0 Å². The van der Waals surface area contributed by atoms with Gasteiger partial charge in [-0.05, 0) is 6.08 Å². The van der Waals surface area contributed by atoms with E-state index >= 15 is 0 Å². The lowest BCUT2D eigenvalue weighted by Crippen LogP contribution is -2.18. The molecule has 2 nitrogen and oxygen atoms in total. The molecule has 0 saturated carbocycles. The molecule has 0 aliphatic carbocycles. The molecule has 0 aromatic heterocycles. The van der Waals surface area contributed by atoms with Crippen LogP contribution in [0.3, 0.4) is 0 Å². The van der Waals surface area contributed by atoms with Crippen molar-refractivity contribution in [3.8, 4) is 0 Å². The molecule has 0 aliphatic rings. The first-order valence-corrected chi connectivity index (χ1v) is 3.11. The number of rotatable bonds is 4. The minimum Gasteiger partial charge on any atom is -0.545 e. The number of aliphatic carboxylic acids is 1. The van der Waals surface area contributed by atoms with Gasteiger partial charge in [0.05, 0.1) is 5.97 Å². The van der Waals surface area contributed by atoms with Crippen molar-refractivity contribution in [1.29, 1.82) is 0 Å². The quantitative estimate of drug-likeness (QED) is 0.433. The van der Waals surface area contributed by atoms with Crippen molar-refractivity contribution < 1.29 is 9.90 Å². The second-order valence-electron chi connectivity index (χ2n) is 1.68. The fourth-order valence-corrected chi connectivity index (χ4v) is 0.405. The van der Waals surface area contributed by atoms with Crippen LogP contribution in [-0.4, -0.2) is 5.97 Å². The Kier molecular flexibility index (Phi) is 5.61. The van der Waals surface area contributed by atoms with Crippen LogP contribution in [0.2, 0.25) is 0 Å². The van der Waals surface area contributed by atoms with Gasteiger partial charge < -0.3 is 9.90 Å². The summed E-state index contributed by atoms with van der Waals surface area (Å²) < 4.78 is 0. The predicted molar refractivity (Wildman–Crippen MR) is 42.6 cm³/mol. The van der Waals surface area contributed by atoms with Gasteiger partial charge in [0.25, 0.3) is 0 Å². The summed E-state index contributed by atoms with van der Waals surface area (Å²) in [6.45, 7) is 3.46. The molecule has 0 aromatic rings. The van der Waals surface area contributed by atoms with Crippen LogP contribution in [0.4, 0.5) is 0 Å². The van der Waals surface area contributed by atoms with Crippen LogP contribution in [0.25, 0.3) is 0 Å². The maximum atomic E-state index is 9.82. The topological polar surface area (TPSA) is 40.1 Å². The van der Waals surface area contributed by atoms with Crippen molar-refractivity contribution in [2.75, 3.05) is 0 Å². The molecular formula is C9H9O2-. The number of carboxylic acid groups (broad SMARTS) is 1. The van der Waals surface area contributed by atoms with E-state index in [1.165, 1.54) is 6.08 Å². The average molecular weight is 149 g/mol. The fourth-order valence-electron chi connectivity index (χ4n) is 0.405. The van der Waals surface area contributed by atoms with Gasteiger partial charge in [-0.2, -0.15) is 0 Å². The third kappa shape index (κ3) is 8.43. The first-order chi connectivity index (χ1) is 5.27. The zero-order chi connectivity index (χ0) is 8.53. The molecule has 0 spiro atoms. The number of carbonyl (C=O) groups excluding carboxylic acids is 1. The molecule has 2 heteroatoms. The Labute approximate surface area is 65.9 Å². The van der Waals surface area contributed by atoms with Crippen molar-refractivity contribution in [2.45, 2.75) is 0 Å². The predicted octanol–water partition coefficient (Wildman–Crippen LogP) is 0.591. The smallest absolute Gasteiger partial charge is 0.0642 e. The van der Waals surface area contributed by atoms with Crippen LogP contribution < -0.4 is 5.11 Å². The largest absolute Gasteiger partial charge is 0.545 e. The van der Waals surface area contributed by atoms with Crippen LogP contribution in [0, 0.1) is 0 Å². The van der Waals surface area contributed by atoms with Gasteiger partial charge in [0.1, 0.15) is 0 Å². The Morgan fingerprint density at radius 1 is 1.09 bits per heavy atom. The Bertz CT molecular complexity index is 210. The van der Waals surface area contributed by atoms with Crippen molar-refractivity contribution in [1.82, 2.24) is 0 Å². The Hall–Kier alpha value is -1.57. The molecule has 0 unspecified atom stereocenters. The summed E-state index contributed by atoms with van der Waals surface area (Å²) in [5.74, 6) is -1.19. The van der Waals surface area contributed by atoms with Gasteiger partial charge >= 0.3 is 0 Å². The Morgan fingerprint density at radius 2 is 1.64 bits per heavy atom. The van der Waals surface area contributed by atoms with E-state index in [2.05, 4.69) is 6.58 Å². The first kappa shape index (κ1) is 9.43. The van der Waals surface area contributed by atoms with E-state index in [1.807, 2.05) is 0 Å². The molecule has 0 amide bonds. The maximum absolute atomic E-state index is 9.82. The summed E-state index contributed by atoms with van der Waals surface area (Å²) in [5, 5.41) is 9.82. The Balaban J connectivity index is 3.68. The third-order valence-corrected chi connectivity index (χ3v) is 0.813. The third-order valence-electron chi connectivity index (χ3n) is 0.813. The molecule has 0 N–H and O–H groups in total. The number of hydrogen-bond donors (Lipinski definition) is 0. The van der Waals surface area contributed by atoms with Crippen LogP contribution in [0.1, 0.15) is 0 Å². The molecule has 0 atom stereocenters. The lowest BCUT2D eigenvalue weighted by Gasteiger charge is -1.85. The molecule has 0 fully saturated rings. The van der Waals surface area contributed by atoms with Crippen molar-refractivity contribution in [3.05, 3.63) is 49.1 Å². The second kappa shape index (κ2) is 6.55. The Morgan fingerprint density at radius 3 is 2.18 bits per heavy atom. The molecule has 0 aromatic carbocycles. The minimum atomic E-state index is -1.19. The van der Waals surface area contributed by atoms with Gasteiger partial charge in [0, 0.05) is 0 Å². The highest BCUT2D eigenvalue weighted by Gasteiger charge is 1.66. The molecule has 0 radical (unpaired) electrons. The molecule has 58 valence electrons. The van der Waals surface area contributed by atoms with Gasteiger partial charge in [0.15, 0.2) is 0 Å². The number of carboxylic acids is 1. The van der Waals surface area contributed by atoms with Crippen LogP contribution >= 0.6 is 0 Å². The lowest BCUT2D eigenvalue weighted by molar-refractivity contribution is -0.297. The van der Waals surface area contributed by atoms with Gasteiger partial charge in [-0.25, -0.2) is 0 Å². The van der Waals surface area contributed by atoms with Crippen molar-refractivity contribution in [2.24, 2.45) is 0 Å². The standard InChI is InChI=1S/C9H10O2/c1-2-3-4-5-6-7-8-9(10)11/h2-8H,1H2,(H,10,11)/p-1/b4-3+,6-5+,8-7+. The van der Waals surface area contributed by atoms with Gasteiger partial charge in [-0.15, -0.1) is 0 Å². The SMILES string of the molecule is C=C/C=C/C=C/C=C/C(=O)[O-]. The molecular weight excluding hydrogens is 140 g/mol. The zero-order valence-electron chi connectivity index (χ0n) is 6.07. The van der Waals surface area contributed by atoms with E-state index in [-0.39, 0.29) is 0 Å². The highest BCUT2D eigenvalue weighted by Crippen LogP contribution is 1.79. The van der Waals surface area contributed by atoms with Gasteiger partial charge in [0.2, 0.25) is 0 Å². The van der Waals surface area contributed by atoms with Crippen molar-refractivity contribution >= 4 is 5.97 Å². The maximum Gasteiger partial charge on any atom is 0.0642 e. The summed E-state index contributed by atoms with van der Waals surface area (Å²) in [4.78, 5) is 9.82. The highest BCUT2D eigenvalue weighted by molar-refractivity contribution is 5.77. The molecule has 0 aliphatic heterocycles. The molecule has 11 heavy (non-hydrogen) atoms. The van der Waals surface area contributed by atoms with E-state index in [0.29, 0.717) is 0 Å². The lowest BCUT2D eigenvalue weighted by atomic mass is 10.4. The summed E-state index contributed by atoms with van der Waals surface area (Å²) in [6.07, 6.45) is 10.8. The van der Waals surface area contributed by atoms with Gasteiger partial charge in [-0.1, -0.05) is 43.0 Å². The van der Waals surface area contributed by atoms with Crippen LogP contribution in [0.15, 0.2) is 49.1 Å². The summed E-state index contributed by atoms with van der Waals surface area (Å²) in [5.41, 5.74) is 0. The monoisotopic (exact) mass is 149 g/mol. The van der Waals surface area contributed by atoms with Crippen molar-refractivity contribution in [3.63, 3.8) is 0 Å². The summed E-state index contributed by atoms with van der Waals surface area (Å²) in [6, 6.07) is 0. The summed E-state index contributed by atoms with van der Waals surface area (Å²) >= 11 is 0. The highest BCUT2D eigenvalue weighted by atomic mass is 16.4. The van der Waals surface area contributed by atoms with E-state index in [1.54, 1.807) is 30.4 Å². The molecule has 0 saturated heterocycles. The number of hydrogen-bond acceptors (Lipinski definition) is 2. The van der Waals surface area contributed by atoms with E-state index < -0.39 is 5.97 Å². The minimum absolute atomic E-state index is 0.957. The number of allylic oxidation sites excluding steroid dienone is 6. The zero-order valence-corrected chi connectivity index (χ0v) is 6.07. The normalized spacial score (nSPS) is 11.6. The van der Waals surface area contributed by atoms with Gasteiger partial charge in [-0.3, -0.25) is 0 Å². The second-order valence-corrected chi connectivity index (χ2v) is 1.68. The summed E-state index contributed by atoms with van der Waals surface area (Å²) in [7, 11) is 0. The molecule has 0 rings (SSSR count). The molecule has 0 bridgehead atoms. The fraction of sp³-hybridized carbons (Fsp3) is 0. The van der Waals surface area contributed by atoms with Crippen LogP contribution in [0.5, 0.6) is 0 Å².